The number of piperazine rings is 1. The van der Waals surface area contributed by atoms with Gasteiger partial charge in [0.05, 0.1) is 24.2 Å². The van der Waals surface area contributed by atoms with Crippen molar-refractivity contribution in [2.45, 2.75) is 25.7 Å². The second-order valence-corrected chi connectivity index (χ2v) is 8.72. The van der Waals surface area contributed by atoms with E-state index < -0.39 is 6.10 Å². The fourth-order valence-corrected chi connectivity index (χ4v) is 5.10. The van der Waals surface area contributed by atoms with E-state index in [1.165, 1.54) is 27.4 Å². The molecule has 1 fully saturated rings. The van der Waals surface area contributed by atoms with Gasteiger partial charge in [0.2, 0.25) is 0 Å². The van der Waals surface area contributed by atoms with Gasteiger partial charge in [-0.2, -0.15) is 0 Å². The number of benzene rings is 3. The SMILES string of the molecule is COc1ccc(CN2CCN(C(C(C)O)n3c4ccccc4c4ccccc43)CC2)cc1. The Morgan fingerprint density at radius 3 is 1.91 bits per heavy atom. The van der Waals surface area contributed by atoms with E-state index in [1.807, 2.05) is 19.1 Å². The number of rotatable bonds is 6. The summed E-state index contributed by atoms with van der Waals surface area (Å²) >= 11 is 0. The Morgan fingerprint density at radius 2 is 1.38 bits per heavy atom. The number of methoxy groups -OCH3 is 1. The fourth-order valence-electron chi connectivity index (χ4n) is 5.10. The van der Waals surface area contributed by atoms with Crippen LogP contribution >= 0.6 is 0 Å². The fraction of sp³-hybridized carbons (Fsp3) is 0.333. The first kappa shape index (κ1) is 21.0. The topological polar surface area (TPSA) is 40.9 Å². The largest absolute Gasteiger partial charge is 0.497 e. The maximum Gasteiger partial charge on any atom is 0.118 e. The summed E-state index contributed by atoms with van der Waals surface area (Å²) in [5, 5.41) is 13.4. The van der Waals surface area contributed by atoms with Crippen LogP contribution < -0.4 is 4.74 Å². The van der Waals surface area contributed by atoms with Gasteiger partial charge in [-0.05, 0) is 36.8 Å². The number of fused-ring (bicyclic) bond motifs is 3. The van der Waals surface area contributed by atoms with E-state index in [0.717, 1.165) is 38.5 Å². The lowest BCUT2D eigenvalue weighted by Gasteiger charge is -2.41. The van der Waals surface area contributed by atoms with Gasteiger partial charge < -0.3 is 14.4 Å². The summed E-state index contributed by atoms with van der Waals surface area (Å²) in [6.07, 6.45) is -0.578. The third kappa shape index (κ3) is 3.88. The summed E-state index contributed by atoms with van der Waals surface area (Å²) < 4.78 is 7.61. The van der Waals surface area contributed by atoms with Crippen LogP contribution in [0, 0.1) is 0 Å². The van der Waals surface area contributed by atoms with Crippen LogP contribution in [-0.2, 0) is 6.54 Å². The van der Waals surface area contributed by atoms with Gasteiger partial charge in [0.15, 0.2) is 0 Å². The van der Waals surface area contributed by atoms with Gasteiger partial charge in [-0.25, -0.2) is 0 Å². The zero-order chi connectivity index (χ0) is 22.1. The van der Waals surface area contributed by atoms with Crippen molar-refractivity contribution in [1.82, 2.24) is 14.4 Å². The average molecular weight is 430 g/mol. The van der Waals surface area contributed by atoms with Gasteiger partial charge in [-0.1, -0.05) is 48.5 Å². The number of aliphatic hydroxyl groups excluding tert-OH is 1. The third-order valence-electron chi connectivity index (χ3n) is 6.66. The van der Waals surface area contributed by atoms with Gasteiger partial charge >= 0.3 is 0 Å². The Labute approximate surface area is 189 Å². The van der Waals surface area contributed by atoms with Crippen LogP contribution in [0.2, 0.25) is 0 Å². The molecule has 2 atom stereocenters. The molecule has 0 spiro atoms. The highest BCUT2D eigenvalue weighted by atomic mass is 16.5. The first-order chi connectivity index (χ1) is 15.7. The van der Waals surface area contributed by atoms with Crippen molar-refractivity contribution in [2.24, 2.45) is 0 Å². The summed E-state index contributed by atoms with van der Waals surface area (Å²) in [4.78, 5) is 4.93. The van der Waals surface area contributed by atoms with Crippen LogP contribution in [0.4, 0.5) is 0 Å². The van der Waals surface area contributed by atoms with Crippen molar-refractivity contribution in [1.29, 1.82) is 0 Å². The number of hydrogen-bond acceptors (Lipinski definition) is 4. The highest BCUT2D eigenvalue weighted by molar-refractivity contribution is 6.08. The Morgan fingerprint density at radius 1 is 0.812 bits per heavy atom. The molecule has 0 bridgehead atoms. The number of para-hydroxylation sites is 2. The smallest absolute Gasteiger partial charge is 0.118 e. The summed E-state index contributed by atoms with van der Waals surface area (Å²) in [7, 11) is 1.70. The molecule has 5 nitrogen and oxygen atoms in total. The highest BCUT2D eigenvalue weighted by Gasteiger charge is 2.30. The van der Waals surface area contributed by atoms with Crippen LogP contribution in [0.1, 0.15) is 18.7 Å². The number of aliphatic hydroxyl groups is 1. The monoisotopic (exact) mass is 429 g/mol. The van der Waals surface area contributed by atoms with Crippen molar-refractivity contribution < 1.29 is 9.84 Å². The number of aromatic nitrogens is 1. The molecule has 32 heavy (non-hydrogen) atoms. The first-order valence-corrected chi connectivity index (χ1v) is 11.4. The number of nitrogens with zero attached hydrogens (tertiary/aromatic N) is 3. The molecule has 0 radical (unpaired) electrons. The van der Waals surface area contributed by atoms with Gasteiger partial charge in [-0.15, -0.1) is 0 Å². The summed E-state index contributed by atoms with van der Waals surface area (Å²) in [6, 6.07) is 25.4. The molecule has 1 saturated heterocycles. The van der Waals surface area contributed by atoms with E-state index in [1.54, 1.807) is 7.11 Å². The lowest BCUT2D eigenvalue weighted by atomic mass is 10.1. The lowest BCUT2D eigenvalue weighted by molar-refractivity contribution is -0.00679. The van der Waals surface area contributed by atoms with Gasteiger partial charge in [0.25, 0.3) is 0 Å². The molecule has 2 heterocycles. The molecule has 0 aliphatic carbocycles. The van der Waals surface area contributed by atoms with Crippen LogP contribution in [0.25, 0.3) is 21.8 Å². The standard InChI is InChI=1S/C27H31N3O2/c1-20(31)27(30-25-9-5-3-7-23(25)24-8-4-6-10-26(24)30)29-17-15-28(16-18-29)19-21-11-13-22(32-2)14-12-21/h3-14,20,27,31H,15-19H2,1-2H3. The van der Waals surface area contributed by atoms with Crippen LogP contribution in [0.5, 0.6) is 5.75 Å². The third-order valence-corrected chi connectivity index (χ3v) is 6.66. The molecule has 2 unspecified atom stereocenters. The molecule has 5 heteroatoms. The van der Waals surface area contributed by atoms with E-state index >= 15 is 0 Å². The maximum atomic E-state index is 10.9. The normalized spacial score (nSPS) is 17.6. The van der Waals surface area contributed by atoms with Gasteiger partial charge in [0, 0.05) is 43.5 Å². The van der Waals surface area contributed by atoms with Gasteiger partial charge in [-0.3, -0.25) is 9.80 Å². The number of hydrogen-bond donors (Lipinski definition) is 1. The molecule has 3 aromatic carbocycles. The van der Waals surface area contributed by atoms with Crippen molar-refractivity contribution >= 4 is 21.8 Å². The predicted molar refractivity (Wildman–Crippen MR) is 130 cm³/mol. The molecule has 1 aliphatic rings. The molecular formula is C27H31N3O2. The molecule has 4 aromatic rings. The average Bonchev–Trinajstić information content (AvgIpc) is 3.15. The highest BCUT2D eigenvalue weighted by Crippen LogP contribution is 2.34. The predicted octanol–water partition coefficient (Wildman–Crippen LogP) is 4.50. The van der Waals surface area contributed by atoms with Crippen LogP contribution in [0.15, 0.2) is 72.8 Å². The van der Waals surface area contributed by atoms with Crippen LogP contribution in [0.3, 0.4) is 0 Å². The second-order valence-electron chi connectivity index (χ2n) is 8.72. The van der Waals surface area contributed by atoms with Crippen molar-refractivity contribution in [3.63, 3.8) is 0 Å². The number of ether oxygens (including phenoxy) is 1. The van der Waals surface area contributed by atoms with E-state index in [0.29, 0.717) is 0 Å². The zero-order valence-electron chi connectivity index (χ0n) is 18.8. The van der Waals surface area contributed by atoms with E-state index in [9.17, 15) is 5.11 Å². The van der Waals surface area contributed by atoms with E-state index in [-0.39, 0.29) is 6.17 Å². The van der Waals surface area contributed by atoms with Crippen LogP contribution in [-0.4, -0.2) is 58.9 Å². The van der Waals surface area contributed by atoms with Crippen molar-refractivity contribution in [3.8, 4) is 5.75 Å². The minimum absolute atomic E-state index is 0.0945. The van der Waals surface area contributed by atoms with Gasteiger partial charge in [0.1, 0.15) is 11.9 Å². The summed E-state index contributed by atoms with van der Waals surface area (Å²) in [6.45, 7) is 6.66. The Kier molecular flexibility index (Phi) is 5.87. The first-order valence-electron chi connectivity index (χ1n) is 11.4. The molecule has 1 aromatic heterocycles. The molecule has 0 saturated carbocycles. The summed E-state index contributed by atoms with van der Waals surface area (Å²) in [5.41, 5.74) is 3.66. The Balaban J connectivity index is 1.39. The molecule has 1 aliphatic heterocycles. The molecule has 0 amide bonds. The van der Waals surface area contributed by atoms with E-state index in [2.05, 4.69) is 75.0 Å². The minimum atomic E-state index is -0.484. The molecule has 166 valence electrons. The van der Waals surface area contributed by atoms with Crippen molar-refractivity contribution in [3.05, 3.63) is 78.4 Å². The minimum Gasteiger partial charge on any atom is -0.497 e. The lowest BCUT2D eigenvalue weighted by Crippen LogP contribution is -2.50. The Hall–Kier alpha value is -2.86. The quantitative estimate of drug-likeness (QED) is 0.490. The Bertz CT molecular complexity index is 1140. The second kappa shape index (κ2) is 8.94. The summed E-state index contributed by atoms with van der Waals surface area (Å²) in [5.74, 6) is 0.893. The maximum absolute atomic E-state index is 10.9. The zero-order valence-corrected chi connectivity index (χ0v) is 18.8. The van der Waals surface area contributed by atoms with Crippen molar-refractivity contribution in [2.75, 3.05) is 33.3 Å². The van der Waals surface area contributed by atoms with E-state index in [4.69, 9.17) is 4.74 Å². The molecular weight excluding hydrogens is 398 g/mol. The molecule has 1 N–H and O–H groups in total. The molecule has 5 rings (SSSR count).